The van der Waals surface area contributed by atoms with Crippen molar-refractivity contribution in [2.75, 3.05) is 6.61 Å². The van der Waals surface area contributed by atoms with Crippen molar-refractivity contribution in [3.63, 3.8) is 0 Å². The van der Waals surface area contributed by atoms with E-state index in [1.165, 1.54) is 116 Å². The van der Waals surface area contributed by atoms with Crippen LogP contribution in [0.3, 0.4) is 0 Å². The second-order valence-corrected chi connectivity index (χ2v) is 10.2. The number of allylic oxidation sites excluding steroid dienone is 6. The molecule has 0 radical (unpaired) electrons. The Labute approximate surface area is 220 Å². The van der Waals surface area contributed by atoms with Crippen molar-refractivity contribution in [2.45, 2.75) is 162 Å². The minimum Gasteiger partial charge on any atom is -0.466 e. The molecule has 0 saturated carbocycles. The average molecular weight is 489 g/mol. The third-order valence-electron chi connectivity index (χ3n) is 6.59. The van der Waals surface area contributed by atoms with Gasteiger partial charge < -0.3 is 4.74 Å². The Morgan fingerprint density at radius 3 is 1.46 bits per heavy atom. The number of hydrogen-bond donors (Lipinski definition) is 0. The Morgan fingerprint density at radius 1 is 0.486 bits per heavy atom. The van der Waals surface area contributed by atoms with Gasteiger partial charge in [0.2, 0.25) is 0 Å². The molecule has 204 valence electrons. The van der Waals surface area contributed by atoms with E-state index in [1.807, 2.05) is 0 Å². The zero-order valence-electron chi connectivity index (χ0n) is 23.8. The first-order chi connectivity index (χ1) is 17.3. The predicted octanol–water partition coefficient (Wildman–Crippen LogP) is 11.2. The number of unbranched alkanes of at least 4 members (excludes halogenated alkanes) is 19. The minimum atomic E-state index is 0.00222. The van der Waals surface area contributed by atoms with E-state index in [2.05, 4.69) is 50.3 Å². The Balaban J connectivity index is 3.27. The molecule has 35 heavy (non-hydrogen) atoms. The van der Waals surface area contributed by atoms with Crippen LogP contribution in [-0.4, -0.2) is 12.6 Å². The van der Waals surface area contributed by atoms with Gasteiger partial charge in [-0.15, -0.1) is 0 Å². The van der Waals surface area contributed by atoms with Crippen LogP contribution in [0.15, 0.2) is 36.5 Å². The van der Waals surface area contributed by atoms with Gasteiger partial charge in [-0.25, -0.2) is 0 Å². The number of esters is 1. The van der Waals surface area contributed by atoms with E-state index >= 15 is 0 Å². The molecule has 0 heterocycles. The quantitative estimate of drug-likeness (QED) is 0.0652. The minimum absolute atomic E-state index is 0.00222. The van der Waals surface area contributed by atoms with Crippen molar-refractivity contribution in [3.05, 3.63) is 36.5 Å². The van der Waals surface area contributed by atoms with Gasteiger partial charge in [0.05, 0.1) is 6.61 Å². The Hall–Kier alpha value is -1.31. The van der Waals surface area contributed by atoms with Crippen molar-refractivity contribution < 1.29 is 9.53 Å². The molecule has 0 atom stereocenters. The van der Waals surface area contributed by atoms with E-state index < -0.39 is 0 Å². The highest BCUT2D eigenvalue weighted by atomic mass is 16.5. The first-order valence-electron chi connectivity index (χ1n) is 15.4. The smallest absolute Gasteiger partial charge is 0.305 e. The van der Waals surface area contributed by atoms with Crippen LogP contribution in [0.25, 0.3) is 0 Å². The highest BCUT2D eigenvalue weighted by molar-refractivity contribution is 5.69. The van der Waals surface area contributed by atoms with Crippen LogP contribution < -0.4 is 0 Å². The van der Waals surface area contributed by atoms with Gasteiger partial charge in [-0.1, -0.05) is 159 Å². The average Bonchev–Trinajstić information content (AvgIpc) is 2.86. The Kier molecular flexibility index (Phi) is 29.6. The van der Waals surface area contributed by atoms with Gasteiger partial charge in [-0.3, -0.25) is 4.79 Å². The van der Waals surface area contributed by atoms with Crippen LogP contribution in [0.1, 0.15) is 162 Å². The molecule has 0 aliphatic carbocycles. The number of carbonyl (C=O) groups is 1. The van der Waals surface area contributed by atoms with Gasteiger partial charge in [0.1, 0.15) is 0 Å². The molecular formula is C33H60O2. The van der Waals surface area contributed by atoms with E-state index in [1.54, 1.807) is 0 Å². The number of ether oxygens (including phenoxy) is 1. The van der Waals surface area contributed by atoms with Gasteiger partial charge in [0.25, 0.3) is 0 Å². The molecule has 0 unspecified atom stereocenters. The molecule has 0 rings (SSSR count). The summed E-state index contributed by atoms with van der Waals surface area (Å²) in [7, 11) is 0. The SMILES string of the molecule is CCCCC=CC=CC=CCCCCCCCC(=O)OCCCCCCCCCCCCCCC. The predicted molar refractivity (Wildman–Crippen MR) is 156 cm³/mol. The maximum atomic E-state index is 11.9. The van der Waals surface area contributed by atoms with Crippen molar-refractivity contribution in [1.29, 1.82) is 0 Å². The van der Waals surface area contributed by atoms with Gasteiger partial charge in [0.15, 0.2) is 0 Å². The zero-order chi connectivity index (χ0) is 25.5. The van der Waals surface area contributed by atoms with E-state index in [0.29, 0.717) is 13.0 Å². The third kappa shape index (κ3) is 30.7. The van der Waals surface area contributed by atoms with Crippen LogP contribution in [0.2, 0.25) is 0 Å². The van der Waals surface area contributed by atoms with Crippen molar-refractivity contribution >= 4 is 5.97 Å². The van der Waals surface area contributed by atoms with Gasteiger partial charge >= 0.3 is 5.97 Å². The summed E-state index contributed by atoms with van der Waals surface area (Å²) in [5.41, 5.74) is 0. The Morgan fingerprint density at radius 2 is 0.914 bits per heavy atom. The van der Waals surface area contributed by atoms with Crippen LogP contribution in [0, 0.1) is 0 Å². The molecule has 0 aromatic heterocycles. The molecule has 0 spiro atoms. The fourth-order valence-corrected chi connectivity index (χ4v) is 4.24. The lowest BCUT2D eigenvalue weighted by Gasteiger charge is -2.05. The molecule has 0 bridgehead atoms. The molecule has 2 nitrogen and oxygen atoms in total. The van der Waals surface area contributed by atoms with Crippen molar-refractivity contribution in [1.82, 2.24) is 0 Å². The van der Waals surface area contributed by atoms with Crippen molar-refractivity contribution in [2.24, 2.45) is 0 Å². The first kappa shape index (κ1) is 33.7. The summed E-state index contributed by atoms with van der Waals surface area (Å²) < 4.78 is 5.40. The second kappa shape index (κ2) is 30.7. The lowest BCUT2D eigenvalue weighted by Crippen LogP contribution is -2.05. The van der Waals surface area contributed by atoms with Crippen LogP contribution in [0.4, 0.5) is 0 Å². The standard InChI is InChI=1S/C33H60O2/c1-3-5-7-9-11-13-15-17-18-19-21-23-25-27-29-31-33(34)35-32-30-28-26-24-22-20-16-14-12-10-8-6-4-2/h9,11,13,15,17-18H,3-8,10,12,14,16,19-32H2,1-2H3. The molecule has 0 amide bonds. The summed E-state index contributed by atoms with van der Waals surface area (Å²) in [5, 5.41) is 0. The highest BCUT2D eigenvalue weighted by Gasteiger charge is 2.02. The fraction of sp³-hybridized carbons (Fsp3) is 0.788. The molecule has 0 saturated heterocycles. The molecule has 0 fully saturated rings. The van der Waals surface area contributed by atoms with Gasteiger partial charge in [0, 0.05) is 6.42 Å². The molecule has 2 heteroatoms. The number of rotatable bonds is 27. The van der Waals surface area contributed by atoms with Gasteiger partial charge in [-0.2, -0.15) is 0 Å². The molecular weight excluding hydrogens is 428 g/mol. The first-order valence-corrected chi connectivity index (χ1v) is 15.4. The summed E-state index contributed by atoms with van der Waals surface area (Å²) in [6, 6.07) is 0. The summed E-state index contributed by atoms with van der Waals surface area (Å²) in [6.45, 7) is 5.12. The highest BCUT2D eigenvalue weighted by Crippen LogP contribution is 2.13. The second-order valence-electron chi connectivity index (χ2n) is 10.2. The number of hydrogen-bond acceptors (Lipinski definition) is 2. The fourth-order valence-electron chi connectivity index (χ4n) is 4.24. The maximum Gasteiger partial charge on any atom is 0.305 e. The summed E-state index contributed by atoms with van der Waals surface area (Å²) in [6.07, 6.45) is 41.8. The zero-order valence-corrected chi connectivity index (χ0v) is 23.8. The van der Waals surface area contributed by atoms with E-state index in [-0.39, 0.29) is 5.97 Å². The molecule has 0 aromatic carbocycles. The van der Waals surface area contributed by atoms with Crippen LogP contribution in [0.5, 0.6) is 0 Å². The monoisotopic (exact) mass is 488 g/mol. The van der Waals surface area contributed by atoms with Crippen LogP contribution >= 0.6 is 0 Å². The lowest BCUT2D eigenvalue weighted by atomic mass is 10.0. The third-order valence-corrected chi connectivity index (χ3v) is 6.59. The summed E-state index contributed by atoms with van der Waals surface area (Å²) in [4.78, 5) is 11.9. The van der Waals surface area contributed by atoms with E-state index in [9.17, 15) is 4.79 Å². The molecule has 0 aliphatic heterocycles. The largest absolute Gasteiger partial charge is 0.466 e. The lowest BCUT2D eigenvalue weighted by molar-refractivity contribution is -0.143. The van der Waals surface area contributed by atoms with E-state index in [0.717, 1.165) is 25.7 Å². The van der Waals surface area contributed by atoms with Crippen LogP contribution in [-0.2, 0) is 9.53 Å². The molecule has 0 aromatic rings. The van der Waals surface area contributed by atoms with Gasteiger partial charge in [-0.05, 0) is 32.1 Å². The summed E-state index contributed by atoms with van der Waals surface area (Å²) >= 11 is 0. The normalized spacial score (nSPS) is 11.9. The molecule has 0 N–H and O–H groups in total. The topological polar surface area (TPSA) is 26.3 Å². The Bertz CT molecular complexity index is 503. The summed E-state index contributed by atoms with van der Waals surface area (Å²) in [5.74, 6) is 0.00222. The number of carbonyl (C=O) groups excluding carboxylic acids is 1. The maximum absolute atomic E-state index is 11.9. The van der Waals surface area contributed by atoms with E-state index in [4.69, 9.17) is 4.74 Å². The van der Waals surface area contributed by atoms with Crippen molar-refractivity contribution in [3.8, 4) is 0 Å². The molecule has 0 aliphatic rings.